The van der Waals surface area contributed by atoms with Crippen LogP contribution in [-0.2, 0) is 14.3 Å². The van der Waals surface area contributed by atoms with Gasteiger partial charge in [0.05, 0.1) is 12.2 Å². The van der Waals surface area contributed by atoms with Crippen molar-refractivity contribution in [3.63, 3.8) is 0 Å². The fourth-order valence-electron chi connectivity index (χ4n) is 3.70. The van der Waals surface area contributed by atoms with Gasteiger partial charge >= 0.3 is 5.97 Å². The summed E-state index contributed by atoms with van der Waals surface area (Å²) < 4.78 is 11.1. The van der Waals surface area contributed by atoms with Crippen LogP contribution in [0.4, 0.5) is 5.69 Å². The van der Waals surface area contributed by atoms with Crippen molar-refractivity contribution in [3.05, 3.63) is 30.3 Å². The quantitative estimate of drug-likeness (QED) is 0.645. The molecule has 0 unspecified atom stereocenters. The van der Waals surface area contributed by atoms with Crippen LogP contribution in [0.3, 0.4) is 0 Å². The van der Waals surface area contributed by atoms with Crippen LogP contribution in [0.15, 0.2) is 35.3 Å². The van der Waals surface area contributed by atoms with Crippen molar-refractivity contribution < 1.29 is 14.3 Å². The molecule has 2 heterocycles. The third-order valence-corrected chi connectivity index (χ3v) is 5.06. The van der Waals surface area contributed by atoms with Gasteiger partial charge in [0.25, 0.3) is 0 Å². The van der Waals surface area contributed by atoms with Gasteiger partial charge in [0, 0.05) is 25.1 Å². The monoisotopic (exact) mass is 375 g/mol. The van der Waals surface area contributed by atoms with Crippen molar-refractivity contribution in [2.45, 2.75) is 44.8 Å². The third-order valence-electron chi connectivity index (χ3n) is 4.75. The smallest absolute Gasteiger partial charge is 0.325 e. The molecule has 0 bridgehead atoms. The molecule has 26 heavy (non-hydrogen) atoms. The highest BCUT2D eigenvalue weighted by atomic mass is 32.1. The lowest BCUT2D eigenvalue weighted by Crippen LogP contribution is -2.61. The van der Waals surface area contributed by atoms with Crippen molar-refractivity contribution in [3.8, 4) is 0 Å². The molecule has 1 saturated heterocycles. The minimum Gasteiger partial charge on any atom is -0.465 e. The van der Waals surface area contributed by atoms with Gasteiger partial charge in [0.2, 0.25) is 0 Å². The molecule has 1 aromatic rings. The zero-order chi connectivity index (χ0) is 18.8. The van der Waals surface area contributed by atoms with Crippen LogP contribution in [0.25, 0.3) is 0 Å². The molecule has 6 nitrogen and oxygen atoms in total. The summed E-state index contributed by atoms with van der Waals surface area (Å²) in [7, 11) is 0. The number of para-hydroxylation sites is 1. The second-order valence-corrected chi connectivity index (χ2v) is 7.56. The maximum absolute atomic E-state index is 12.2. The predicted molar refractivity (Wildman–Crippen MR) is 105 cm³/mol. The van der Waals surface area contributed by atoms with Crippen LogP contribution in [-0.4, -0.2) is 52.7 Å². The van der Waals surface area contributed by atoms with E-state index in [-0.39, 0.29) is 18.1 Å². The molecule has 1 fully saturated rings. The van der Waals surface area contributed by atoms with E-state index in [0.717, 1.165) is 11.5 Å². The first-order valence-corrected chi connectivity index (χ1v) is 9.29. The van der Waals surface area contributed by atoms with E-state index in [9.17, 15) is 4.79 Å². The fourth-order valence-corrected chi connectivity index (χ4v) is 4.03. The lowest BCUT2D eigenvalue weighted by atomic mass is 9.79. The Balaban J connectivity index is 1.93. The van der Waals surface area contributed by atoms with E-state index >= 15 is 0 Å². The van der Waals surface area contributed by atoms with Crippen molar-refractivity contribution >= 4 is 34.8 Å². The Kier molecular flexibility index (Phi) is 5.29. The maximum Gasteiger partial charge on any atom is 0.325 e. The summed E-state index contributed by atoms with van der Waals surface area (Å²) in [5, 5.41) is 3.83. The molecule has 0 aliphatic carbocycles. The largest absolute Gasteiger partial charge is 0.465 e. The molecule has 0 amide bonds. The summed E-state index contributed by atoms with van der Waals surface area (Å²) in [6.45, 7) is 6.91. The number of carbonyl (C=O) groups is 1. The van der Waals surface area contributed by atoms with E-state index in [2.05, 4.69) is 24.2 Å². The van der Waals surface area contributed by atoms with E-state index in [1.165, 1.54) is 0 Å². The Bertz CT molecular complexity index is 720. The molecule has 0 radical (unpaired) electrons. The Labute approximate surface area is 159 Å². The summed E-state index contributed by atoms with van der Waals surface area (Å²) in [5.74, 6) is 0.476. The Morgan fingerprint density at radius 3 is 2.77 bits per heavy atom. The van der Waals surface area contributed by atoms with Gasteiger partial charge in [-0.2, -0.15) is 0 Å². The van der Waals surface area contributed by atoms with Crippen LogP contribution < -0.4 is 5.32 Å². The topological polar surface area (TPSA) is 63.2 Å². The van der Waals surface area contributed by atoms with E-state index < -0.39 is 5.54 Å². The summed E-state index contributed by atoms with van der Waals surface area (Å²) in [4.78, 5) is 18.7. The molecule has 1 atom stereocenters. The van der Waals surface area contributed by atoms with Gasteiger partial charge in [0.15, 0.2) is 5.11 Å². The number of benzene rings is 1. The molecule has 1 aromatic carbocycles. The number of ether oxygens (including phenoxy) is 2. The van der Waals surface area contributed by atoms with E-state index in [4.69, 9.17) is 21.7 Å². The second kappa shape index (κ2) is 7.32. The zero-order valence-electron chi connectivity index (χ0n) is 15.4. The first kappa shape index (κ1) is 18.8. The molecular weight excluding hydrogens is 350 g/mol. The van der Waals surface area contributed by atoms with Gasteiger partial charge < -0.3 is 19.7 Å². The number of nitrogens with zero attached hydrogens (tertiary/aromatic N) is 2. The molecular formula is C19H25N3O3S. The van der Waals surface area contributed by atoms with Crippen LogP contribution in [0, 0.1) is 0 Å². The molecule has 3 rings (SSSR count). The summed E-state index contributed by atoms with van der Waals surface area (Å²) >= 11 is 5.51. The number of rotatable bonds is 4. The van der Waals surface area contributed by atoms with Gasteiger partial charge in [-0.25, -0.2) is 4.99 Å². The van der Waals surface area contributed by atoms with Gasteiger partial charge in [-0.1, -0.05) is 18.2 Å². The number of aliphatic imine (C=N–C) groups is 1. The SMILES string of the molecule is CCOC(=O)CN1C(=S)N=C(Nc2ccccc2)[C@]12CCOC(C)(C)C2. The molecule has 0 aromatic heterocycles. The fraction of sp³-hybridized carbons (Fsp3) is 0.526. The van der Waals surface area contributed by atoms with E-state index in [1.54, 1.807) is 6.92 Å². The molecule has 140 valence electrons. The van der Waals surface area contributed by atoms with Crippen LogP contribution in [0.5, 0.6) is 0 Å². The highest BCUT2D eigenvalue weighted by molar-refractivity contribution is 7.80. The highest BCUT2D eigenvalue weighted by Crippen LogP contribution is 2.41. The lowest BCUT2D eigenvalue weighted by Gasteiger charge is -2.47. The van der Waals surface area contributed by atoms with E-state index in [0.29, 0.717) is 31.2 Å². The zero-order valence-corrected chi connectivity index (χ0v) is 16.3. The summed E-state index contributed by atoms with van der Waals surface area (Å²) in [6.07, 6.45) is 1.38. The Morgan fingerprint density at radius 1 is 1.38 bits per heavy atom. The number of esters is 1. The average Bonchev–Trinajstić information content (AvgIpc) is 2.80. The van der Waals surface area contributed by atoms with Gasteiger partial charge in [-0.3, -0.25) is 4.79 Å². The minimum absolute atomic E-state index is 0.0895. The number of amidine groups is 1. The molecule has 1 N–H and O–H groups in total. The number of hydrogen-bond acceptors (Lipinski definition) is 5. The number of anilines is 1. The van der Waals surface area contributed by atoms with Gasteiger partial charge in [0.1, 0.15) is 17.9 Å². The van der Waals surface area contributed by atoms with Gasteiger partial charge in [-0.05, 0) is 45.1 Å². The molecule has 1 spiro atoms. The summed E-state index contributed by atoms with van der Waals surface area (Å²) in [5.41, 5.74) is 0.0989. The van der Waals surface area contributed by atoms with Crippen molar-refractivity contribution in [2.75, 3.05) is 25.1 Å². The molecule has 2 aliphatic heterocycles. The average molecular weight is 375 g/mol. The molecule has 7 heteroatoms. The van der Waals surface area contributed by atoms with Crippen molar-refractivity contribution in [1.82, 2.24) is 4.90 Å². The number of thiocarbonyl (C=S) groups is 1. The van der Waals surface area contributed by atoms with Crippen LogP contribution in [0.2, 0.25) is 0 Å². The predicted octanol–water partition coefficient (Wildman–Crippen LogP) is 2.99. The van der Waals surface area contributed by atoms with Crippen molar-refractivity contribution in [2.24, 2.45) is 4.99 Å². The number of nitrogens with one attached hydrogen (secondary N) is 1. The summed E-state index contributed by atoms with van der Waals surface area (Å²) in [6, 6.07) is 9.86. The molecule has 0 saturated carbocycles. The Hall–Kier alpha value is -1.99. The van der Waals surface area contributed by atoms with Crippen molar-refractivity contribution in [1.29, 1.82) is 0 Å². The standard InChI is InChI=1S/C19H25N3O3S/c1-4-24-15(23)12-22-17(26)21-16(20-14-8-6-5-7-9-14)19(22)10-11-25-18(2,3)13-19/h5-9H,4,10-13H2,1-3H3,(H,20,21,26)/t19-/m1/s1. The van der Waals surface area contributed by atoms with Gasteiger partial charge in [-0.15, -0.1) is 0 Å². The van der Waals surface area contributed by atoms with Crippen LogP contribution >= 0.6 is 12.2 Å². The first-order valence-electron chi connectivity index (χ1n) is 8.89. The maximum atomic E-state index is 12.2. The number of hydrogen-bond donors (Lipinski definition) is 1. The minimum atomic E-state index is -0.499. The molecule has 2 aliphatic rings. The first-order chi connectivity index (χ1) is 12.4. The highest BCUT2D eigenvalue weighted by Gasteiger charge is 2.53. The lowest BCUT2D eigenvalue weighted by molar-refractivity contribution is -0.146. The normalized spacial score (nSPS) is 24.5. The second-order valence-electron chi connectivity index (χ2n) is 7.19. The number of carbonyl (C=O) groups excluding carboxylic acids is 1. The Morgan fingerprint density at radius 2 is 2.12 bits per heavy atom. The van der Waals surface area contributed by atoms with E-state index in [1.807, 2.05) is 35.2 Å². The third kappa shape index (κ3) is 3.73. The van der Waals surface area contributed by atoms with Crippen LogP contribution in [0.1, 0.15) is 33.6 Å².